The molecule has 3 rings (SSSR count). The fourth-order valence-electron chi connectivity index (χ4n) is 2.87. The van der Waals surface area contributed by atoms with Crippen LogP contribution >= 0.6 is 0 Å². The largest absolute Gasteiger partial charge is 0.298 e. The molecule has 3 aromatic rings. The molecule has 0 radical (unpaired) electrons. The first-order chi connectivity index (χ1) is 12.1. The van der Waals surface area contributed by atoms with Crippen LogP contribution in [0.25, 0.3) is 22.3 Å². The van der Waals surface area contributed by atoms with E-state index in [2.05, 4.69) is 19.1 Å². The summed E-state index contributed by atoms with van der Waals surface area (Å²) in [5, 5.41) is 0. The van der Waals surface area contributed by atoms with Crippen molar-refractivity contribution in [1.29, 1.82) is 0 Å². The van der Waals surface area contributed by atoms with Crippen LogP contribution in [0.2, 0.25) is 0 Å². The lowest BCUT2D eigenvalue weighted by molar-refractivity contribution is 0.112. The van der Waals surface area contributed by atoms with Gasteiger partial charge in [-0.1, -0.05) is 55.8 Å². The third kappa shape index (κ3) is 3.66. The highest BCUT2D eigenvalue weighted by atomic mass is 19.1. The van der Waals surface area contributed by atoms with E-state index in [0.717, 1.165) is 24.0 Å². The van der Waals surface area contributed by atoms with Gasteiger partial charge in [-0.2, -0.15) is 0 Å². The number of carbonyl (C=O) groups excluding carboxylic acids is 1. The lowest BCUT2D eigenvalue weighted by atomic mass is 9.98. The summed E-state index contributed by atoms with van der Waals surface area (Å²) < 4.78 is 28.3. The van der Waals surface area contributed by atoms with E-state index in [-0.39, 0.29) is 5.56 Å². The zero-order valence-corrected chi connectivity index (χ0v) is 13.9. The number of benzene rings is 3. The molecule has 25 heavy (non-hydrogen) atoms. The van der Waals surface area contributed by atoms with Gasteiger partial charge in [0.1, 0.15) is 11.6 Å². The predicted molar refractivity (Wildman–Crippen MR) is 96.6 cm³/mol. The van der Waals surface area contributed by atoms with E-state index in [1.54, 1.807) is 12.1 Å². The third-order valence-electron chi connectivity index (χ3n) is 4.23. The molecule has 0 spiro atoms. The first-order valence-electron chi connectivity index (χ1n) is 8.26. The van der Waals surface area contributed by atoms with Crippen LogP contribution in [0, 0.1) is 11.6 Å². The minimum Gasteiger partial charge on any atom is -0.298 e. The van der Waals surface area contributed by atoms with E-state index in [9.17, 15) is 13.6 Å². The molecule has 0 N–H and O–H groups in total. The summed E-state index contributed by atoms with van der Waals surface area (Å²) in [5.74, 6) is -1.07. The Morgan fingerprint density at radius 3 is 2.04 bits per heavy atom. The molecule has 0 fully saturated rings. The van der Waals surface area contributed by atoms with E-state index in [4.69, 9.17) is 0 Å². The number of carbonyl (C=O) groups is 1. The van der Waals surface area contributed by atoms with Crippen LogP contribution in [0.5, 0.6) is 0 Å². The van der Waals surface area contributed by atoms with Crippen LogP contribution in [-0.4, -0.2) is 6.29 Å². The summed E-state index contributed by atoms with van der Waals surface area (Å²) in [4.78, 5) is 10.7. The highest BCUT2D eigenvalue weighted by Gasteiger charge is 2.10. The van der Waals surface area contributed by atoms with Crippen molar-refractivity contribution >= 4 is 6.29 Å². The van der Waals surface area contributed by atoms with E-state index in [1.807, 2.05) is 18.2 Å². The number of rotatable bonds is 5. The lowest BCUT2D eigenvalue weighted by Crippen LogP contribution is -1.91. The highest BCUT2D eigenvalue weighted by Crippen LogP contribution is 2.29. The standard InChI is InChI=1S/C22H18F2O/c1-2-3-15-4-6-16(7-5-15)17-10-11-20(22(24)12-17)18-8-9-19(14-25)21(23)13-18/h4-14H,2-3H2,1H3. The summed E-state index contributed by atoms with van der Waals surface area (Å²) in [7, 11) is 0. The number of hydrogen-bond acceptors (Lipinski definition) is 1. The number of halogens is 2. The van der Waals surface area contributed by atoms with Crippen molar-refractivity contribution in [3.63, 3.8) is 0 Å². The van der Waals surface area contributed by atoms with E-state index in [0.29, 0.717) is 17.4 Å². The summed E-state index contributed by atoms with van der Waals surface area (Å²) in [5.41, 5.74) is 3.65. The molecule has 0 saturated carbocycles. The molecule has 0 amide bonds. The lowest BCUT2D eigenvalue weighted by Gasteiger charge is -2.08. The molecule has 3 heteroatoms. The van der Waals surface area contributed by atoms with E-state index >= 15 is 0 Å². The van der Waals surface area contributed by atoms with Crippen LogP contribution in [0.1, 0.15) is 29.3 Å². The van der Waals surface area contributed by atoms with Gasteiger partial charge < -0.3 is 0 Å². The van der Waals surface area contributed by atoms with Gasteiger partial charge in [-0.15, -0.1) is 0 Å². The van der Waals surface area contributed by atoms with E-state index in [1.165, 1.54) is 23.8 Å². The number of aryl methyl sites for hydroxylation is 1. The summed E-state index contributed by atoms with van der Waals surface area (Å²) >= 11 is 0. The van der Waals surface area contributed by atoms with Crippen LogP contribution < -0.4 is 0 Å². The molecule has 0 bridgehead atoms. The Morgan fingerprint density at radius 1 is 0.800 bits per heavy atom. The van der Waals surface area contributed by atoms with Crippen molar-refractivity contribution in [1.82, 2.24) is 0 Å². The fraction of sp³-hybridized carbons (Fsp3) is 0.136. The van der Waals surface area contributed by atoms with Crippen LogP contribution in [0.3, 0.4) is 0 Å². The van der Waals surface area contributed by atoms with Gasteiger partial charge in [-0.3, -0.25) is 4.79 Å². The number of aldehydes is 1. The fourth-order valence-corrected chi connectivity index (χ4v) is 2.87. The Balaban J connectivity index is 1.92. The first kappa shape index (κ1) is 17.0. The Kier molecular flexibility index (Phi) is 5.03. The van der Waals surface area contributed by atoms with Crippen molar-refractivity contribution in [2.24, 2.45) is 0 Å². The first-order valence-corrected chi connectivity index (χ1v) is 8.26. The second kappa shape index (κ2) is 7.39. The third-order valence-corrected chi connectivity index (χ3v) is 4.23. The van der Waals surface area contributed by atoms with E-state index < -0.39 is 11.6 Å². The van der Waals surface area contributed by atoms with Gasteiger partial charge in [0.2, 0.25) is 0 Å². The minimum absolute atomic E-state index is 0.0343. The van der Waals surface area contributed by atoms with Crippen molar-refractivity contribution in [2.75, 3.05) is 0 Å². The van der Waals surface area contributed by atoms with Crippen LogP contribution in [0.4, 0.5) is 8.78 Å². The molecule has 0 heterocycles. The van der Waals surface area contributed by atoms with Gasteiger partial charge in [-0.25, -0.2) is 8.78 Å². The van der Waals surface area contributed by atoms with Gasteiger partial charge in [0.15, 0.2) is 6.29 Å². The second-order valence-electron chi connectivity index (χ2n) is 6.00. The van der Waals surface area contributed by atoms with Gasteiger partial charge in [0, 0.05) is 5.56 Å². The molecule has 0 aliphatic rings. The topological polar surface area (TPSA) is 17.1 Å². The molecule has 0 atom stereocenters. The molecular formula is C22H18F2O. The SMILES string of the molecule is CCCc1ccc(-c2ccc(-c3ccc(C=O)c(F)c3)c(F)c2)cc1. The molecule has 126 valence electrons. The zero-order chi connectivity index (χ0) is 17.8. The zero-order valence-electron chi connectivity index (χ0n) is 13.9. The highest BCUT2D eigenvalue weighted by molar-refractivity contribution is 5.78. The molecule has 0 aliphatic heterocycles. The van der Waals surface area contributed by atoms with Gasteiger partial charge in [0.05, 0.1) is 5.56 Å². The quantitative estimate of drug-likeness (QED) is 0.517. The maximum Gasteiger partial charge on any atom is 0.152 e. The van der Waals surface area contributed by atoms with Crippen molar-refractivity contribution in [3.8, 4) is 22.3 Å². The summed E-state index contributed by atoms with van der Waals surface area (Å²) in [6.45, 7) is 2.13. The molecule has 1 nitrogen and oxygen atoms in total. The van der Waals surface area contributed by atoms with Gasteiger partial charge >= 0.3 is 0 Å². The molecule has 0 aliphatic carbocycles. The molecule has 3 aromatic carbocycles. The smallest absolute Gasteiger partial charge is 0.152 e. The molecular weight excluding hydrogens is 318 g/mol. The average molecular weight is 336 g/mol. The van der Waals surface area contributed by atoms with Gasteiger partial charge in [0.25, 0.3) is 0 Å². The predicted octanol–water partition coefficient (Wildman–Crippen LogP) is 6.06. The Morgan fingerprint density at radius 2 is 1.44 bits per heavy atom. The average Bonchev–Trinajstić information content (AvgIpc) is 2.62. The maximum atomic E-state index is 14.5. The van der Waals surface area contributed by atoms with Crippen LogP contribution in [-0.2, 0) is 6.42 Å². The monoisotopic (exact) mass is 336 g/mol. The molecule has 0 saturated heterocycles. The second-order valence-corrected chi connectivity index (χ2v) is 6.00. The van der Waals surface area contributed by atoms with Crippen molar-refractivity contribution in [2.45, 2.75) is 19.8 Å². The number of hydrogen-bond donors (Lipinski definition) is 0. The minimum atomic E-state index is -0.650. The van der Waals surface area contributed by atoms with Crippen molar-refractivity contribution < 1.29 is 13.6 Å². The molecule has 0 unspecified atom stereocenters. The van der Waals surface area contributed by atoms with Crippen LogP contribution in [0.15, 0.2) is 60.7 Å². The summed E-state index contributed by atoms with van der Waals surface area (Å²) in [6, 6.07) is 17.1. The Hall–Kier alpha value is -2.81. The Bertz CT molecular complexity index is 898. The molecule has 0 aromatic heterocycles. The normalized spacial score (nSPS) is 10.7. The van der Waals surface area contributed by atoms with Crippen molar-refractivity contribution in [3.05, 3.63) is 83.4 Å². The van der Waals surface area contributed by atoms with Gasteiger partial charge in [-0.05, 0) is 46.9 Å². The summed E-state index contributed by atoms with van der Waals surface area (Å²) in [6.07, 6.45) is 2.55. The Labute approximate surface area is 145 Å². The maximum absolute atomic E-state index is 14.5.